The van der Waals surface area contributed by atoms with Gasteiger partial charge in [0.05, 0.1) is 11.9 Å². The SMILES string of the molecule is CC(C)(C(=O)NCCCCn1ccnc1)N1CCNCC1. The topological polar surface area (TPSA) is 62.2 Å². The van der Waals surface area contributed by atoms with Gasteiger partial charge in [-0.05, 0) is 26.7 Å². The molecule has 0 bridgehead atoms. The fourth-order valence-corrected chi connectivity index (χ4v) is 2.62. The lowest BCUT2D eigenvalue weighted by Gasteiger charge is -2.39. The van der Waals surface area contributed by atoms with E-state index in [1.807, 2.05) is 26.4 Å². The number of nitrogens with one attached hydrogen (secondary N) is 2. The summed E-state index contributed by atoms with van der Waals surface area (Å²) in [7, 11) is 0. The first-order chi connectivity index (χ1) is 10.1. The maximum absolute atomic E-state index is 12.4. The number of carbonyl (C=O) groups is 1. The zero-order valence-corrected chi connectivity index (χ0v) is 13.1. The van der Waals surface area contributed by atoms with Crippen LogP contribution >= 0.6 is 0 Å². The van der Waals surface area contributed by atoms with Crippen LogP contribution < -0.4 is 10.6 Å². The Morgan fingerprint density at radius 1 is 1.33 bits per heavy atom. The molecule has 1 aromatic heterocycles. The van der Waals surface area contributed by atoms with Crippen LogP contribution in [0.4, 0.5) is 0 Å². The van der Waals surface area contributed by atoms with E-state index in [4.69, 9.17) is 0 Å². The van der Waals surface area contributed by atoms with E-state index in [1.165, 1.54) is 0 Å². The third-order valence-corrected chi connectivity index (χ3v) is 4.15. The van der Waals surface area contributed by atoms with Crippen molar-refractivity contribution in [3.8, 4) is 0 Å². The predicted octanol–water partition coefficient (Wildman–Crippen LogP) is 0.463. The summed E-state index contributed by atoms with van der Waals surface area (Å²) in [6, 6.07) is 0. The van der Waals surface area contributed by atoms with Crippen LogP contribution in [0.2, 0.25) is 0 Å². The summed E-state index contributed by atoms with van der Waals surface area (Å²) in [6.07, 6.45) is 7.61. The van der Waals surface area contributed by atoms with Crippen molar-refractivity contribution < 1.29 is 4.79 Å². The second kappa shape index (κ2) is 7.56. The number of amides is 1. The first kappa shape index (κ1) is 16.0. The first-order valence-corrected chi connectivity index (χ1v) is 7.80. The van der Waals surface area contributed by atoms with Crippen LogP contribution in [0.3, 0.4) is 0 Å². The molecular weight excluding hydrogens is 266 g/mol. The number of hydrogen-bond acceptors (Lipinski definition) is 4. The van der Waals surface area contributed by atoms with Crippen molar-refractivity contribution in [2.75, 3.05) is 32.7 Å². The lowest BCUT2D eigenvalue weighted by Crippen LogP contribution is -2.60. The second-order valence-corrected chi connectivity index (χ2v) is 6.06. The standard InChI is InChI=1S/C15H27N5O/c1-15(2,20-11-7-16-8-12-20)14(21)18-5-3-4-9-19-10-6-17-13-19/h6,10,13,16H,3-5,7-9,11-12H2,1-2H3,(H,18,21). The Morgan fingerprint density at radius 3 is 2.76 bits per heavy atom. The molecule has 6 nitrogen and oxygen atoms in total. The molecule has 21 heavy (non-hydrogen) atoms. The van der Waals surface area contributed by atoms with Crippen LogP contribution in [-0.4, -0.2) is 58.6 Å². The molecule has 0 spiro atoms. The molecule has 1 fully saturated rings. The lowest BCUT2D eigenvalue weighted by molar-refractivity contribution is -0.132. The average molecular weight is 293 g/mol. The maximum Gasteiger partial charge on any atom is 0.239 e. The van der Waals surface area contributed by atoms with Crippen LogP contribution in [0.5, 0.6) is 0 Å². The molecule has 6 heteroatoms. The molecular formula is C15H27N5O. The van der Waals surface area contributed by atoms with Gasteiger partial charge in [0, 0.05) is 51.7 Å². The number of imidazole rings is 1. The molecule has 118 valence electrons. The summed E-state index contributed by atoms with van der Waals surface area (Å²) in [4.78, 5) is 18.6. The molecule has 2 heterocycles. The van der Waals surface area contributed by atoms with E-state index in [9.17, 15) is 4.79 Å². The van der Waals surface area contributed by atoms with E-state index >= 15 is 0 Å². The average Bonchev–Trinajstić information content (AvgIpc) is 3.01. The van der Waals surface area contributed by atoms with E-state index in [2.05, 4.69) is 25.1 Å². The number of piperazine rings is 1. The summed E-state index contributed by atoms with van der Waals surface area (Å²) in [5.41, 5.74) is -0.424. The number of rotatable bonds is 7. The minimum absolute atomic E-state index is 0.132. The maximum atomic E-state index is 12.4. The van der Waals surface area contributed by atoms with E-state index < -0.39 is 5.54 Å². The third kappa shape index (κ3) is 4.54. The molecule has 0 atom stereocenters. The van der Waals surface area contributed by atoms with Gasteiger partial charge in [0.2, 0.25) is 5.91 Å². The first-order valence-electron chi connectivity index (χ1n) is 7.80. The van der Waals surface area contributed by atoms with Crippen molar-refractivity contribution in [3.63, 3.8) is 0 Å². The summed E-state index contributed by atoms with van der Waals surface area (Å²) in [5, 5.41) is 6.39. The van der Waals surface area contributed by atoms with Crippen molar-refractivity contribution in [2.45, 2.75) is 38.8 Å². The monoisotopic (exact) mass is 293 g/mol. The molecule has 0 unspecified atom stereocenters. The van der Waals surface area contributed by atoms with Gasteiger partial charge in [-0.25, -0.2) is 4.98 Å². The van der Waals surface area contributed by atoms with E-state index in [0.29, 0.717) is 0 Å². The smallest absolute Gasteiger partial charge is 0.239 e. The molecule has 1 amide bonds. The van der Waals surface area contributed by atoms with Gasteiger partial charge in [-0.3, -0.25) is 9.69 Å². The quantitative estimate of drug-likeness (QED) is 0.717. The minimum atomic E-state index is -0.424. The number of hydrogen-bond donors (Lipinski definition) is 2. The van der Waals surface area contributed by atoms with Gasteiger partial charge in [0.25, 0.3) is 0 Å². The number of carbonyl (C=O) groups excluding carboxylic acids is 1. The zero-order chi connectivity index (χ0) is 15.1. The van der Waals surface area contributed by atoms with Crippen molar-refractivity contribution >= 4 is 5.91 Å². The Balaban J connectivity index is 1.65. The molecule has 1 aliphatic rings. The van der Waals surface area contributed by atoms with Crippen LogP contribution in [0.25, 0.3) is 0 Å². The van der Waals surface area contributed by atoms with Gasteiger partial charge in [0.1, 0.15) is 0 Å². The van der Waals surface area contributed by atoms with Gasteiger partial charge >= 0.3 is 0 Å². The molecule has 1 aliphatic heterocycles. The van der Waals surface area contributed by atoms with Crippen molar-refractivity contribution in [1.29, 1.82) is 0 Å². The highest BCUT2D eigenvalue weighted by Crippen LogP contribution is 2.15. The van der Waals surface area contributed by atoms with Crippen LogP contribution in [0.1, 0.15) is 26.7 Å². The summed E-state index contributed by atoms with van der Waals surface area (Å²) < 4.78 is 2.06. The zero-order valence-electron chi connectivity index (χ0n) is 13.1. The van der Waals surface area contributed by atoms with Crippen LogP contribution in [0, 0.1) is 0 Å². The number of unbranched alkanes of at least 4 members (excludes halogenated alkanes) is 1. The highest BCUT2D eigenvalue weighted by Gasteiger charge is 2.34. The van der Waals surface area contributed by atoms with Crippen molar-refractivity contribution in [3.05, 3.63) is 18.7 Å². The Bertz CT molecular complexity index is 423. The predicted molar refractivity (Wildman–Crippen MR) is 83.0 cm³/mol. The lowest BCUT2D eigenvalue weighted by atomic mass is 10.0. The Kier molecular flexibility index (Phi) is 5.76. The van der Waals surface area contributed by atoms with Crippen molar-refractivity contribution in [1.82, 2.24) is 25.1 Å². The number of nitrogens with zero attached hydrogens (tertiary/aromatic N) is 3. The van der Waals surface area contributed by atoms with Crippen LogP contribution in [-0.2, 0) is 11.3 Å². The summed E-state index contributed by atoms with van der Waals surface area (Å²) >= 11 is 0. The minimum Gasteiger partial charge on any atom is -0.355 e. The molecule has 0 radical (unpaired) electrons. The molecule has 1 saturated heterocycles. The molecule has 0 aliphatic carbocycles. The molecule has 2 N–H and O–H groups in total. The van der Waals surface area contributed by atoms with Gasteiger partial charge < -0.3 is 15.2 Å². The van der Waals surface area contributed by atoms with Gasteiger partial charge in [-0.15, -0.1) is 0 Å². The Hall–Kier alpha value is -1.40. The number of aryl methyl sites for hydroxylation is 1. The normalized spacial score (nSPS) is 16.9. The van der Waals surface area contributed by atoms with E-state index in [1.54, 1.807) is 6.20 Å². The Morgan fingerprint density at radius 2 is 2.10 bits per heavy atom. The van der Waals surface area contributed by atoms with E-state index in [0.717, 1.165) is 52.1 Å². The Labute approximate surface area is 126 Å². The van der Waals surface area contributed by atoms with E-state index in [-0.39, 0.29) is 5.91 Å². The highest BCUT2D eigenvalue weighted by atomic mass is 16.2. The van der Waals surface area contributed by atoms with Crippen molar-refractivity contribution in [2.24, 2.45) is 0 Å². The highest BCUT2D eigenvalue weighted by molar-refractivity contribution is 5.85. The third-order valence-electron chi connectivity index (χ3n) is 4.15. The van der Waals surface area contributed by atoms with Gasteiger partial charge in [0.15, 0.2) is 0 Å². The number of aromatic nitrogens is 2. The summed E-state index contributed by atoms with van der Waals surface area (Å²) in [5.74, 6) is 0.132. The second-order valence-electron chi connectivity index (χ2n) is 6.06. The molecule has 1 aromatic rings. The molecule has 0 saturated carbocycles. The van der Waals surface area contributed by atoms with Crippen LogP contribution in [0.15, 0.2) is 18.7 Å². The summed E-state index contributed by atoms with van der Waals surface area (Å²) in [6.45, 7) is 9.50. The van der Waals surface area contributed by atoms with Gasteiger partial charge in [-0.1, -0.05) is 0 Å². The molecule has 2 rings (SSSR count). The fourth-order valence-electron chi connectivity index (χ4n) is 2.62. The molecule has 0 aromatic carbocycles. The largest absolute Gasteiger partial charge is 0.355 e. The van der Waals surface area contributed by atoms with Gasteiger partial charge in [-0.2, -0.15) is 0 Å². The fraction of sp³-hybridized carbons (Fsp3) is 0.733.